The van der Waals surface area contributed by atoms with Gasteiger partial charge in [-0.05, 0) is 13.8 Å². The normalized spacial score (nSPS) is 16.8. The molecule has 0 spiro atoms. The summed E-state index contributed by atoms with van der Waals surface area (Å²) < 4.78 is 9.82. The molecule has 1 aliphatic heterocycles. The van der Waals surface area contributed by atoms with Crippen LogP contribution in [0.25, 0.3) is 0 Å². The zero-order valence-corrected chi connectivity index (χ0v) is 15.6. The van der Waals surface area contributed by atoms with Crippen molar-refractivity contribution < 1.29 is 4.74 Å². The summed E-state index contributed by atoms with van der Waals surface area (Å²) in [6, 6.07) is 0. The molecule has 1 aliphatic rings. The molecule has 2 heterocycles. The molecule has 130 valence electrons. The first-order valence-electron chi connectivity index (χ1n) is 8.07. The van der Waals surface area contributed by atoms with Gasteiger partial charge in [-0.25, -0.2) is 4.98 Å². The Hall–Kier alpha value is -1.41. The van der Waals surface area contributed by atoms with E-state index >= 15 is 0 Å². The Bertz CT molecular complexity index is 522. The van der Waals surface area contributed by atoms with E-state index in [4.69, 9.17) is 4.74 Å². The van der Waals surface area contributed by atoms with Crippen molar-refractivity contribution in [1.29, 1.82) is 0 Å². The van der Waals surface area contributed by atoms with E-state index in [0.717, 1.165) is 56.1 Å². The van der Waals surface area contributed by atoms with Crippen molar-refractivity contribution in [3.05, 3.63) is 5.82 Å². The minimum atomic E-state index is -0.207. The number of aromatic nitrogens is 2. The molecule has 0 aliphatic carbocycles. The van der Waals surface area contributed by atoms with Gasteiger partial charge in [0, 0.05) is 64.8 Å². The summed E-state index contributed by atoms with van der Waals surface area (Å²) in [5.41, 5.74) is -0.207. The van der Waals surface area contributed by atoms with Crippen molar-refractivity contribution in [3.8, 4) is 0 Å². The lowest BCUT2D eigenvalue weighted by atomic mass is 10.1. The zero-order chi connectivity index (χ0) is 16.9. The van der Waals surface area contributed by atoms with Crippen LogP contribution in [0, 0.1) is 0 Å². The number of aliphatic imine (C=N–C) groups is 1. The molecule has 0 saturated carbocycles. The molecule has 0 atom stereocenters. The summed E-state index contributed by atoms with van der Waals surface area (Å²) in [6.07, 6.45) is 0.891. The number of piperazine rings is 1. The number of nitrogens with zero attached hydrogens (tertiary/aromatic N) is 5. The molecule has 0 radical (unpaired) electrons. The fourth-order valence-corrected chi connectivity index (χ4v) is 3.12. The van der Waals surface area contributed by atoms with Gasteiger partial charge in [0.25, 0.3) is 0 Å². The molecule has 2 rings (SSSR count). The van der Waals surface area contributed by atoms with Gasteiger partial charge in [-0.3, -0.25) is 4.99 Å². The van der Waals surface area contributed by atoms with Gasteiger partial charge in [-0.15, -0.1) is 0 Å². The molecule has 1 N–H and O–H groups in total. The van der Waals surface area contributed by atoms with Gasteiger partial charge in [0.15, 0.2) is 5.96 Å². The summed E-state index contributed by atoms with van der Waals surface area (Å²) in [5, 5.41) is 4.44. The Kier molecular flexibility index (Phi) is 6.17. The predicted octanol–water partition coefficient (Wildman–Crippen LogP) is 1.22. The summed E-state index contributed by atoms with van der Waals surface area (Å²) in [5.74, 6) is 1.87. The molecule has 0 bridgehead atoms. The Morgan fingerprint density at radius 1 is 1.35 bits per heavy atom. The van der Waals surface area contributed by atoms with E-state index in [0.29, 0.717) is 0 Å². The van der Waals surface area contributed by atoms with E-state index < -0.39 is 0 Å². The Morgan fingerprint density at radius 2 is 2.04 bits per heavy atom. The standard InChI is InChI=1S/C15H28N6OS/c1-6-12-18-14(23-19-12)21-9-7-20(8-10-21)13(16-4)17-11-15(2,3)22-5/h6-11H2,1-5H3,(H,16,17). The van der Waals surface area contributed by atoms with Crippen molar-refractivity contribution in [2.75, 3.05) is 51.8 Å². The van der Waals surface area contributed by atoms with Crippen molar-refractivity contribution in [2.45, 2.75) is 32.8 Å². The number of ether oxygens (including phenoxy) is 1. The van der Waals surface area contributed by atoms with Gasteiger partial charge in [-0.1, -0.05) is 6.92 Å². The molecule has 1 aromatic rings. The Balaban J connectivity index is 1.87. The van der Waals surface area contributed by atoms with Gasteiger partial charge in [0.2, 0.25) is 5.13 Å². The fourth-order valence-electron chi connectivity index (χ4n) is 2.32. The van der Waals surface area contributed by atoms with Crippen molar-refractivity contribution in [2.24, 2.45) is 4.99 Å². The smallest absolute Gasteiger partial charge is 0.205 e. The zero-order valence-electron chi connectivity index (χ0n) is 14.8. The average Bonchev–Trinajstić information content (AvgIpc) is 3.05. The fraction of sp³-hybridized carbons (Fsp3) is 0.800. The molecule has 1 aromatic heterocycles. The van der Waals surface area contributed by atoms with Gasteiger partial charge in [0.05, 0.1) is 5.60 Å². The van der Waals surface area contributed by atoms with Crippen LogP contribution in [0.2, 0.25) is 0 Å². The molecule has 7 nitrogen and oxygen atoms in total. The molecular weight excluding hydrogens is 312 g/mol. The maximum absolute atomic E-state index is 5.45. The minimum Gasteiger partial charge on any atom is -0.377 e. The molecule has 1 fully saturated rings. The van der Waals surface area contributed by atoms with Gasteiger partial charge in [-0.2, -0.15) is 4.37 Å². The van der Waals surface area contributed by atoms with Gasteiger partial charge >= 0.3 is 0 Å². The van der Waals surface area contributed by atoms with E-state index in [1.54, 1.807) is 7.11 Å². The summed E-state index contributed by atoms with van der Waals surface area (Å²) in [4.78, 5) is 13.6. The molecule has 23 heavy (non-hydrogen) atoms. The van der Waals surface area contributed by atoms with Crippen LogP contribution < -0.4 is 10.2 Å². The lowest BCUT2D eigenvalue weighted by molar-refractivity contribution is 0.0263. The number of methoxy groups -OCH3 is 1. The van der Waals surface area contributed by atoms with Crippen LogP contribution in [0.4, 0.5) is 5.13 Å². The number of hydrogen-bond donors (Lipinski definition) is 1. The van der Waals surface area contributed by atoms with Crippen molar-refractivity contribution >= 4 is 22.6 Å². The van der Waals surface area contributed by atoms with E-state index in [2.05, 4.69) is 50.2 Å². The third-order valence-electron chi connectivity index (χ3n) is 4.06. The van der Waals surface area contributed by atoms with Crippen LogP contribution in [0.15, 0.2) is 4.99 Å². The highest BCUT2D eigenvalue weighted by Crippen LogP contribution is 2.19. The molecule has 0 unspecified atom stereocenters. The largest absolute Gasteiger partial charge is 0.377 e. The number of hydrogen-bond acceptors (Lipinski definition) is 6. The van der Waals surface area contributed by atoms with Crippen LogP contribution in [0.5, 0.6) is 0 Å². The first-order valence-corrected chi connectivity index (χ1v) is 8.84. The first kappa shape index (κ1) is 17.9. The Morgan fingerprint density at radius 3 is 2.57 bits per heavy atom. The first-order chi connectivity index (χ1) is 11.0. The number of nitrogens with one attached hydrogen (secondary N) is 1. The molecule has 0 amide bonds. The highest BCUT2D eigenvalue weighted by atomic mass is 32.1. The van der Waals surface area contributed by atoms with Crippen molar-refractivity contribution in [1.82, 2.24) is 19.6 Å². The quantitative estimate of drug-likeness (QED) is 0.642. The molecule has 0 aromatic carbocycles. The van der Waals surface area contributed by atoms with E-state index in [1.807, 2.05) is 7.05 Å². The predicted molar refractivity (Wildman–Crippen MR) is 95.5 cm³/mol. The van der Waals surface area contributed by atoms with Gasteiger partial charge in [0.1, 0.15) is 5.82 Å². The van der Waals surface area contributed by atoms with Crippen LogP contribution in [-0.2, 0) is 11.2 Å². The average molecular weight is 340 g/mol. The third-order valence-corrected chi connectivity index (χ3v) is 4.87. The summed E-state index contributed by atoms with van der Waals surface area (Å²) in [6.45, 7) is 10.7. The highest BCUT2D eigenvalue weighted by molar-refractivity contribution is 7.09. The van der Waals surface area contributed by atoms with Crippen molar-refractivity contribution in [3.63, 3.8) is 0 Å². The lowest BCUT2D eigenvalue weighted by Gasteiger charge is -2.37. The number of rotatable bonds is 5. The topological polar surface area (TPSA) is 65.9 Å². The molecule has 8 heteroatoms. The maximum atomic E-state index is 5.45. The number of anilines is 1. The lowest BCUT2D eigenvalue weighted by Crippen LogP contribution is -2.54. The van der Waals surface area contributed by atoms with E-state index in [9.17, 15) is 0 Å². The second-order valence-electron chi connectivity index (χ2n) is 6.19. The Labute approximate surface area is 142 Å². The third kappa shape index (κ3) is 4.78. The summed E-state index contributed by atoms with van der Waals surface area (Å²) in [7, 11) is 3.56. The SMILES string of the molecule is CCc1nsc(N2CCN(C(=NC)NCC(C)(C)OC)CC2)n1. The monoisotopic (exact) mass is 340 g/mol. The van der Waals surface area contributed by atoms with Crippen LogP contribution in [0.3, 0.4) is 0 Å². The van der Waals surface area contributed by atoms with Gasteiger partial charge < -0.3 is 19.9 Å². The summed E-state index contributed by atoms with van der Waals surface area (Å²) >= 11 is 1.50. The number of guanidine groups is 1. The van der Waals surface area contributed by atoms with E-state index in [1.165, 1.54) is 11.5 Å². The molecular formula is C15H28N6OS. The second-order valence-corrected chi connectivity index (χ2v) is 6.92. The van der Waals surface area contributed by atoms with Crippen LogP contribution >= 0.6 is 11.5 Å². The minimum absolute atomic E-state index is 0.207. The van der Waals surface area contributed by atoms with E-state index in [-0.39, 0.29) is 5.60 Å². The molecule has 1 saturated heterocycles. The van der Waals surface area contributed by atoms with Crippen LogP contribution in [-0.4, -0.2) is 72.7 Å². The second kappa shape index (κ2) is 7.92. The number of aryl methyl sites for hydroxylation is 1. The van der Waals surface area contributed by atoms with Crippen LogP contribution in [0.1, 0.15) is 26.6 Å². The highest BCUT2D eigenvalue weighted by Gasteiger charge is 2.23. The maximum Gasteiger partial charge on any atom is 0.205 e.